The van der Waals surface area contributed by atoms with Gasteiger partial charge in [0.2, 0.25) is 5.91 Å². The van der Waals surface area contributed by atoms with E-state index < -0.39 is 21.4 Å². The summed E-state index contributed by atoms with van der Waals surface area (Å²) in [6.07, 6.45) is -4.25. The van der Waals surface area contributed by atoms with Crippen molar-refractivity contribution in [3.63, 3.8) is 0 Å². The lowest BCUT2D eigenvalue weighted by molar-refractivity contribution is -0.274. The maximum Gasteiger partial charge on any atom is 0.573 e. The van der Waals surface area contributed by atoms with Crippen LogP contribution in [0.15, 0.2) is 24.3 Å². The number of fused-ring (bicyclic) bond motifs is 2. The predicted molar refractivity (Wildman–Crippen MR) is 74.5 cm³/mol. The van der Waals surface area contributed by atoms with E-state index in [1.165, 1.54) is 12.1 Å². The number of ether oxygens (including phenoxy) is 1. The van der Waals surface area contributed by atoms with Crippen LogP contribution >= 0.6 is 0 Å². The molecule has 0 aliphatic carbocycles. The van der Waals surface area contributed by atoms with Crippen LogP contribution in [0.3, 0.4) is 0 Å². The Morgan fingerprint density at radius 3 is 2.39 bits per heavy atom. The highest BCUT2D eigenvalue weighted by Crippen LogP contribution is 2.33. The Morgan fingerprint density at radius 1 is 1.26 bits per heavy atom. The molecule has 0 saturated carbocycles. The van der Waals surface area contributed by atoms with Gasteiger partial charge in [-0.25, -0.2) is 8.42 Å². The quantitative estimate of drug-likeness (QED) is 0.830. The van der Waals surface area contributed by atoms with Crippen molar-refractivity contribution in [2.45, 2.75) is 30.5 Å². The van der Waals surface area contributed by atoms with Crippen LogP contribution in [0.2, 0.25) is 0 Å². The SMILES string of the molecule is O=C(Cc1ccc(OC(F)(F)F)cc1)N1CC2CC1CS2(=O)=O. The maximum atomic E-state index is 12.2. The smallest absolute Gasteiger partial charge is 0.406 e. The normalized spacial score (nSPS) is 25.6. The lowest BCUT2D eigenvalue weighted by Gasteiger charge is -2.27. The molecule has 0 aromatic heterocycles. The summed E-state index contributed by atoms with van der Waals surface area (Å²) in [4.78, 5) is 13.8. The van der Waals surface area contributed by atoms with E-state index in [0.717, 1.165) is 12.1 Å². The molecule has 3 rings (SSSR count). The van der Waals surface area contributed by atoms with Gasteiger partial charge in [-0.15, -0.1) is 13.2 Å². The van der Waals surface area contributed by atoms with Crippen molar-refractivity contribution in [2.75, 3.05) is 12.3 Å². The summed E-state index contributed by atoms with van der Waals surface area (Å²) in [6, 6.07) is 4.81. The number of hydrogen-bond donors (Lipinski definition) is 0. The summed E-state index contributed by atoms with van der Waals surface area (Å²) >= 11 is 0. The van der Waals surface area contributed by atoms with Crippen LogP contribution in [-0.4, -0.2) is 49.2 Å². The Bertz CT molecular complexity index is 715. The summed E-state index contributed by atoms with van der Waals surface area (Å²) < 4.78 is 63.3. The van der Waals surface area contributed by atoms with Crippen LogP contribution in [0.4, 0.5) is 13.2 Å². The first-order valence-corrected chi connectivity index (χ1v) is 8.71. The molecule has 1 amide bonds. The van der Waals surface area contributed by atoms with Gasteiger partial charge in [-0.05, 0) is 24.1 Å². The first-order chi connectivity index (χ1) is 10.6. The lowest BCUT2D eigenvalue weighted by atomic mass is 10.1. The third-order valence-corrected chi connectivity index (χ3v) is 6.35. The summed E-state index contributed by atoms with van der Waals surface area (Å²) in [6.45, 7) is 0.209. The number of likely N-dealkylation sites (tertiary alicyclic amines) is 1. The van der Waals surface area contributed by atoms with Gasteiger partial charge in [0.25, 0.3) is 0 Å². The Morgan fingerprint density at radius 2 is 1.91 bits per heavy atom. The molecule has 5 nitrogen and oxygen atoms in total. The van der Waals surface area contributed by atoms with Crippen molar-refractivity contribution in [3.8, 4) is 5.75 Å². The second kappa shape index (κ2) is 5.40. The minimum absolute atomic E-state index is 0.00175. The minimum atomic E-state index is -4.75. The largest absolute Gasteiger partial charge is 0.573 e. The zero-order valence-corrected chi connectivity index (χ0v) is 12.7. The van der Waals surface area contributed by atoms with Crippen molar-refractivity contribution < 1.29 is 31.1 Å². The van der Waals surface area contributed by atoms with Gasteiger partial charge in [0.15, 0.2) is 9.84 Å². The minimum Gasteiger partial charge on any atom is -0.406 e. The molecular formula is C14H14F3NO4S. The monoisotopic (exact) mass is 349 g/mol. The number of hydrogen-bond acceptors (Lipinski definition) is 4. The van der Waals surface area contributed by atoms with Crippen molar-refractivity contribution in [2.24, 2.45) is 0 Å². The van der Waals surface area contributed by atoms with Crippen LogP contribution < -0.4 is 4.74 Å². The van der Waals surface area contributed by atoms with E-state index in [2.05, 4.69) is 4.74 Å². The lowest BCUT2D eigenvalue weighted by Crippen LogP contribution is -2.44. The second-order valence-electron chi connectivity index (χ2n) is 5.76. The molecule has 0 N–H and O–H groups in total. The summed E-state index contributed by atoms with van der Waals surface area (Å²) in [7, 11) is -3.07. The fourth-order valence-electron chi connectivity index (χ4n) is 3.09. The molecule has 2 atom stereocenters. The van der Waals surface area contributed by atoms with E-state index >= 15 is 0 Å². The Balaban J connectivity index is 1.61. The second-order valence-corrected chi connectivity index (χ2v) is 8.08. The molecule has 2 fully saturated rings. The average Bonchev–Trinajstić information content (AvgIpc) is 2.95. The molecule has 0 spiro atoms. The summed E-state index contributed by atoms with van der Waals surface area (Å²) in [5, 5.41) is -0.473. The van der Waals surface area contributed by atoms with E-state index in [-0.39, 0.29) is 36.4 Å². The summed E-state index contributed by atoms with van der Waals surface area (Å²) in [5.74, 6) is -0.557. The van der Waals surface area contributed by atoms with Gasteiger partial charge >= 0.3 is 6.36 Å². The molecule has 126 valence electrons. The van der Waals surface area contributed by atoms with Crippen molar-refractivity contribution in [1.82, 2.24) is 4.90 Å². The number of sulfone groups is 1. The van der Waals surface area contributed by atoms with Crippen LogP contribution in [0.1, 0.15) is 12.0 Å². The van der Waals surface area contributed by atoms with Crippen LogP contribution in [0.25, 0.3) is 0 Å². The molecular weight excluding hydrogens is 335 g/mol. The van der Waals surface area contributed by atoms with Crippen molar-refractivity contribution in [3.05, 3.63) is 29.8 Å². The first kappa shape index (κ1) is 16.1. The average molecular weight is 349 g/mol. The van der Waals surface area contributed by atoms with E-state index in [9.17, 15) is 26.4 Å². The van der Waals surface area contributed by atoms with Gasteiger partial charge in [-0.1, -0.05) is 12.1 Å². The predicted octanol–water partition coefficient (Wildman–Crippen LogP) is 1.53. The van der Waals surface area contributed by atoms with E-state index in [0.29, 0.717) is 12.0 Å². The zero-order valence-electron chi connectivity index (χ0n) is 11.9. The van der Waals surface area contributed by atoms with Gasteiger partial charge in [-0.2, -0.15) is 0 Å². The van der Waals surface area contributed by atoms with Crippen LogP contribution in [-0.2, 0) is 21.1 Å². The van der Waals surface area contributed by atoms with Crippen molar-refractivity contribution >= 4 is 15.7 Å². The van der Waals surface area contributed by atoms with Gasteiger partial charge in [0, 0.05) is 12.6 Å². The molecule has 2 aliphatic heterocycles. The van der Waals surface area contributed by atoms with E-state index in [1.54, 1.807) is 4.90 Å². The number of carbonyl (C=O) groups is 1. The number of alkyl halides is 3. The van der Waals surface area contributed by atoms with Gasteiger partial charge in [0.1, 0.15) is 5.75 Å². The number of benzene rings is 1. The third kappa shape index (κ3) is 3.44. The molecule has 2 aliphatic rings. The highest BCUT2D eigenvalue weighted by molar-refractivity contribution is 7.92. The van der Waals surface area contributed by atoms with Crippen molar-refractivity contribution in [1.29, 1.82) is 0 Å². The number of rotatable bonds is 3. The Labute approximate surface area is 130 Å². The van der Waals surface area contributed by atoms with E-state index in [1.807, 2.05) is 0 Å². The van der Waals surface area contributed by atoms with Gasteiger partial charge in [-0.3, -0.25) is 4.79 Å². The molecule has 0 radical (unpaired) electrons. The van der Waals surface area contributed by atoms with Crippen LogP contribution in [0.5, 0.6) is 5.75 Å². The summed E-state index contributed by atoms with van der Waals surface area (Å²) in [5.41, 5.74) is 0.551. The number of halogens is 3. The topological polar surface area (TPSA) is 63.7 Å². The number of amides is 1. The van der Waals surface area contributed by atoms with Gasteiger partial charge in [0.05, 0.1) is 17.4 Å². The molecule has 9 heteroatoms. The molecule has 1 aromatic rings. The maximum absolute atomic E-state index is 12.2. The number of nitrogens with zero attached hydrogens (tertiary/aromatic N) is 1. The van der Waals surface area contributed by atoms with Gasteiger partial charge < -0.3 is 9.64 Å². The molecule has 2 unspecified atom stereocenters. The molecule has 2 bridgehead atoms. The Hall–Kier alpha value is -1.77. The molecule has 2 heterocycles. The highest BCUT2D eigenvalue weighted by Gasteiger charge is 2.49. The third-order valence-electron chi connectivity index (χ3n) is 4.14. The highest BCUT2D eigenvalue weighted by atomic mass is 32.2. The molecule has 2 saturated heterocycles. The fourth-order valence-corrected chi connectivity index (χ4v) is 5.11. The first-order valence-electron chi connectivity index (χ1n) is 7.00. The fraction of sp³-hybridized carbons (Fsp3) is 0.500. The zero-order chi connectivity index (χ0) is 16.8. The molecule has 23 heavy (non-hydrogen) atoms. The van der Waals surface area contributed by atoms with Crippen LogP contribution in [0, 0.1) is 0 Å². The Kier molecular flexibility index (Phi) is 3.78. The van der Waals surface area contributed by atoms with E-state index in [4.69, 9.17) is 0 Å². The molecule has 1 aromatic carbocycles. The number of carbonyl (C=O) groups excluding carboxylic acids is 1. The standard InChI is InChI=1S/C14H14F3NO4S/c15-14(16,17)22-11-3-1-9(2-4-11)5-13(19)18-7-12-6-10(18)8-23(12,20)21/h1-4,10,12H,5-8H2.